The summed E-state index contributed by atoms with van der Waals surface area (Å²) in [6, 6.07) is -14.3. The van der Waals surface area contributed by atoms with Crippen molar-refractivity contribution in [2.75, 3.05) is 0 Å². The molecule has 0 radical (unpaired) electrons. The first kappa shape index (κ1) is 11.9. The minimum atomic E-state index is -1.05. The first-order valence-corrected chi connectivity index (χ1v) is 14.1. The van der Waals surface area contributed by atoms with Gasteiger partial charge in [0.1, 0.15) is 11.3 Å². The molecule has 220 valence electrons. The first-order chi connectivity index (χ1) is 33.7. The molecule has 0 bridgehead atoms. The van der Waals surface area contributed by atoms with E-state index in [9.17, 15) is 15.1 Å². The second-order valence-corrected chi connectivity index (χ2v) is 10.1. The summed E-state index contributed by atoms with van der Waals surface area (Å²) in [6.45, 7) is 0. The summed E-state index contributed by atoms with van der Waals surface area (Å²) >= 11 is 0. The van der Waals surface area contributed by atoms with Gasteiger partial charge in [0.15, 0.2) is 0 Å². The lowest BCUT2D eigenvalue weighted by Crippen LogP contribution is -1.91. The average Bonchev–Trinajstić information content (AvgIpc) is 3.76. The molecule has 0 unspecified atom stereocenters. The van der Waals surface area contributed by atoms with Crippen molar-refractivity contribution in [3.05, 3.63) is 181 Å². The molecule has 0 aliphatic carbocycles. The van der Waals surface area contributed by atoms with Gasteiger partial charge in [0, 0.05) is 22.1 Å². The highest BCUT2D eigenvalue weighted by molar-refractivity contribution is 6.25. The number of fused-ring (bicyclic) bond motifs is 3. The maximum atomic E-state index is 9.67. The van der Waals surface area contributed by atoms with Crippen LogP contribution in [0.25, 0.3) is 88.3 Å². The molecular formula is C46H30O. The van der Waals surface area contributed by atoms with E-state index in [1.165, 1.54) is 12.1 Å². The third-order valence-electron chi connectivity index (χ3n) is 7.50. The minimum absolute atomic E-state index is 0.109. The Hall–Kier alpha value is -6.18. The van der Waals surface area contributed by atoms with Gasteiger partial charge in [0.25, 0.3) is 0 Å². The number of hydrogen-bond donors (Lipinski definition) is 0. The number of hydrogen-bond acceptors (Lipinski definition) is 1. The molecular weight excluding hydrogens is 569 g/mol. The van der Waals surface area contributed by atoms with E-state index in [1.807, 2.05) is 0 Å². The van der Waals surface area contributed by atoms with E-state index < -0.39 is 218 Å². The van der Waals surface area contributed by atoms with Gasteiger partial charge in [-0.1, -0.05) is 169 Å². The Labute approximate surface area is 309 Å². The topological polar surface area (TPSA) is 13.1 Å². The van der Waals surface area contributed by atoms with Crippen molar-refractivity contribution in [1.29, 1.82) is 0 Å². The van der Waals surface area contributed by atoms with E-state index in [4.69, 9.17) is 23.6 Å². The Morgan fingerprint density at radius 2 is 0.809 bits per heavy atom. The van der Waals surface area contributed by atoms with Crippen LogP contribution in [0.1, 0.15) is 34.3 Å². The largest absolute Gasteiger partial charge is 0.455 e. The lowest BCUT2D eigenvalue weighted by molar-refractivity contribution is 0.632. The maximum absolute atomic E-state index is 9.67. The van der Waals surface area contributed by atoms with Crippen LogP contribution < -0.4 is 0 Å². The molecule has 1 nitrogen and oxygen atoms in total. The second kappa shape index (κ2) is 11.3. The molecule has 0 spiro atoms. The Kier molecular flexibility index (Phi) is 2.86. The summed E-state index contributed by atoms with van der Waals surface area (Å²) in [7, 11) is 0. The molecule has 1 aromatic heterocycles. The van der Waals surface area contributed by atoms with Crippen molar-refractivity contribution in [1.82, 2.24) is 0 Å². The minimum Gasteiger partial charge on any atom is -0.455 e. The van der Waals surface area contributed by atoms with Gasteiger partial charge in [-0.05, 0) is 67.0 Å². The van der Waals surface area contributed by atoms with Crippen LogP contribution in [0.4, 0.5) is 0 Å². The van der Waals surface area contributed by atoms with Gasteiger partial charge in [-0.25, -0.2) is 0 Å². The SMILES string of the molecule is [2H]c1c([2H])c([2H])c(-c2c([2H])c([2H])c(-c3oc4c([2H])c(-c5c([2H])c([2H])c([2H])c([2H])c5[2H])c([2H])c([2H])c4c3-c3c4c([2H])c([2H])c([2H])c([2H])c4c(-c4ccccc4)c4c([2H])c([2H])c([2H])c([2H])c34)c([2H])c2[2H])c([2H])c1[2H]. The third kappa shape index (κ3) is 4.64. The van der Waals surface area contributed by atoms with Crippen molar-refractivity contribution in [3.63, 3.8) is 0 Å². The summed E-state index contributed by atoms with van der Waals surface area (Å²) in [4.78, 5) is 0. The molecule has 0 amide bonds. The summed E-state index contributed by atoms with van der Waals surface area (Å²) in [6.07, 6.45) is 0. The van der Waals surface area contributed by atoms with Crippen LogP contribution in [0.15, 0.2) is 186 Å². The summed E-state index contributed by atoms with van der Waals surface area (Å²) in [5, 5.41) is -2.36. The molecule has 0 saturated heterocycles. The van der Waals surface area contributed by atoms with Crippen molar-refractivity contribution in [2.24, 2.45) is 0 Å². The third-order valence-corrected chi connectivity index (χ3v) is 7.50. The molecule has 9 rings (SSSR count). The zero-order valence-electron chi connectivity index (χ0n) is 48.8. The molecule has 9 aromatic rings. The standard InChI is InChI=1S/C46H30O/c1-4-14-31(15-5-1)33-24-26-35(27-25-33)46-45(41-29-28-36(30-42(41)47-46)32-16-6-2-7-17-32)44-39-22-12-10-20-37(39)43(34-18-8-3-9-19-34)38-21-11-13-23-40(38)44/h1-30H/i1D,2D,4D,5D,6D,7D,10D,11D,12D,13D,14D,15D,16D,17D,20D,21D,22D,23D,24D,25D,26D,27D,28D,29D,30D. The van der Waals surface area contributed by atoms with Crippen molar-refractivity contribution < 1.29 is 38.7 Å². The Balaban J connectivity index is 1.62. The van der Waals surface area contributed by atoms with Gasteiger partial charge < -0.3 is 4.42 Å². The maximum Gasteiger partial charge on any atom is 0.143 e. The Morgan fingerprint density at radius 1 is 0.340 bits per heavy atom. The normalized spacial score (nSPS) is 18.9. The van der Waals surface area contributed by atoms with E-state index in [0.717, 1.165) is 0 Å². The predicted molar refractivity (Wildman–Crippen MR) is 198 cm³/mol. The lowest BCUT2D eigenvalue weighted by Gasteiger charge is -2.18. The van der Waals surface area contributed by atoms with Crippen molar-refractivity contribution in [2.45, 2.75) is 0 Å². The molecule has 8 aromatic carbocycles. The molecule has 1 heterocycles. The highest BCUT2D eigenvalue weighted by atomic mass is 16.3. The lowest BCUT2D eigenvalue weighted by atomic mass is 9.84. The Morgan fingerprint density at radius 3 is 1.40 bits per heavy atom. The monoisotopic (exact) mass is 623 g/mol. The van der Waals surface area contributed by atoms with Crippen LogP contribution in [-0.4, -0.2) is 0 Å². The number of rotatable bonds is 5. The smallest absolute Gasteiger partial charge is 0.143 e. The van der Waals surface area contributed by atoms with Crippen LogP contribution in [0.2, 0.25) is 0 Å². The highest BCUT2D eigenvalue weighted by Crippen LogP contribution is 2.50. The fourth-order valence-electron chi connectivity index (χ4n) is 5.52. The van der Waals surface area contributed by atoms with Gasteiger partial charge in [-0.15, -0.1) is 0 Å². The van der Waals surface area contributed by atoms with Crippen LogP contribution >= 0.6 is 0 Å². The van der Waals surface area contributed by atoms with E-state index in [2.05, 4.69) is 0 Å². The van der Waals surface area contributed by atoms with E-state index in [-0.39, 0.29) is 21.9 Å². The van der Waals surface area contributed by atoms with Crippen molar-refractivity contribution in [3.8, 4) is 55.8 Å². The van der Waals surface area contributed by atoms with Crippen LogP contribution in [0.3, 0.4) is 0 Å². The Bertz CT molecular complexity index is 3810. The summed E-state index contributed by atoms with van der Waals surface area (Å²) in [5.41, 5.74) is -5.74. The van der Waals surface area contributed by atoms with E-state index in [0.29, 0.717) is 0 Å². The fourth-order valence-corrected chi connectivity index (χ4v) is 5.52. The average molecular weight is 624 g/mol. The van der Waals surface area contributed by atoms with Crippen LogP contribution in [0, 0.1) is 0 Å². The number of benzene rings is 8. The molecule has 0 N–H and O–H groups in total. The molecule has 0 aliphatic heterocycles. The predicted octanol–water partition coefficient (Wildman–Crippen LogP) is 13.1. The zero-order valence-corrected chi connectivity index (χ0v) is 23.8. The van der Waals surface area contributed by atoms with Gasteiger partial charge in [-0.3, -0.25) is 0 Å². The van der Waals surface area contributed by atoms with Crippen molar-refractivity contribution >= 4 is 32.5 Å². The molecule has 0 saturated carbocycles. The zero-order chi connectivity index (χ0) is 52.9. The highest BCUT2D eigenvalue weighted by Gasteiger charge is 2.24. The molecule has 0 fully saturated rings. The summed E-state index contributed by atoms with van der Waals surface area (Å²) < 4.78 is 230. The first-order valence-electron chi connectivity index (χ1n) is 26.6. The molecule has 0 atom stereocenters. The number of furan rings is 1. The molecule has 0 aliphatic rings. The van der Waals surface area contributed by atoms with Crippen LogP contribution in [0.5, 0.6) is 0 Å². The molecule has 47 heavy (non-hydrogen) atoms. The fraction of sp³-hybridized carbons (Fsp3) is 0. The molecule has 1 heteroatoms. The van der Waals surface area contributed by atoms with Crippen LogP contribution in [-0.2, 0) is 0 Å². The van der Waals surface area contributed by atoms with Gasteiger partial charge in [0.05, 0.1) is 34.3 Å². The van der Waals surface area contributed by atoms with E-state index in [1.54, 1.807) is 18.2 Å². The van der Waals surface area contributed by atoms with Gasteiger partial charge >= 0.3 is 0 Å². The van der Waals surface area contributed by atoms with Gasteiger partial charge in [-0.2, -0.15) is 0 Å². The second-order valence-electron chi connectivity index (χ2n) is 10.1. The van der Waals surface area contributed by atoms with Gasteiger partial charge in [0.2, 0.25) is 0 Å². The van der Waals surface area contributed by atoms with E-state index >= 15 is 0 Å². The quantitative estimate of drug-likeness (QED) is 0.174. The summed E-state index contributed by atoms with van der Waals surface area (Å²) in [5.74, 6) is -0.857.